The second-order valence-corrected chi connectivity index (χ2v) is 3.40. The number of hydrogen-bond donors (Lipinski definition) is 1. The van der Waals surface area contributed by atoms with Crippen molar-refractivity contribution in [3.63, 3.8) is 0 Å². The number of allylic oxidation sites excluding steroid dienone is 1. The fraction of sp³-hybridized carbons (Fsp3) is 0.700. The molecule has 1 aliphatic rings. The maximum absolute atomic E-state index is 5.51. The molecule has 0 aromatic heterocycles. The highest BCUT2D eigenvalue weighted by atomic mass is 16.5. The van der Waals surface area contributed by atoms with Crippen LogP contribution in [0.4, 0.5) is 0 Å². The summed E-state index contributed by atoms with van der Waals surface area (Å²) in [7, 11) is 1.78. The van der Waals surface area contributed by atoms with Crippen molar-refractivity contribution in [2.45, 2.75) is 27.2 Å². The van der Waals surface area contributed by atoms with Gasteiger partial charge in [0.1, 0.15) is 0 Å². The van der Waals surface area contributed by atoms with Crippen LogP contribution in [-0.4, -0.2) is 19.6 Å². The zero-order valence-corrected chi connectivity index (χ0v) is 8.85. The molecule has 1 fully saturated rings. The lowest BCUT2D eigenvalue weighted by atomic mass is 9.99. The van der Waals surface area contributed by atoms with Crippen molar-refractivity contribution < 1.29 is 4.74 Å². The summed E-state index contributed by atoms with van der Waals surface area (Å²) in [5, 5.41) is 3.10. The number of nitrogens with zero attached hydrogens (tertiary/aromatic N) is 1. The lowest BCUT2D eigenvalue weighted by Crippen LogP contribution is -2.16. The smallest absolute Gasteiger partial charge is 0.166 e. The lowest BCUT2D eigenvalue weighted by Gasteiger charge is -2.11. The highest BCUT2D eigenvalue weighted by Crippen LogP contribution is 2.21. The molecular weight excluding hydrogens is 164 g/mol. The van der Waals surface area contributed by atoms with E-state index in [1.807, 2.05) is 0 Å². The molecule has 0 atom stereocenters. The van der Waals surface area contributed by atoms with E-state index in [1.165, 1.54) is 5.57 Å². The van der Waals surface area contributed by atoms with Crippen LogP contribution in [-0.2, 0) is 4.74 Å². The molecule has 1 heterocycles. The summed E-state index contributed by atoms with van der Waals surface area (Å²) in [6, 6.07) is 0. The average molecular weight is 182 g/mol. The Labute approximate surface area is 79.9 Å². The van der Waals surface area contributed by atoms with Gasteiger partial charge in [-0.25, -0.2) is 0 Å². The molecule has 0 saturated carbocycles. The number of nitrogens with one attached hydrogen (secondary N) is 1. The Morgan fingerprint density at radius 3 is 2.77 bits per heavy atom. The van der Waals surface area contributed by atoms with Crippen LogP contribution in [0.3, 0.4) is 0 Å². The van der Waals surface area contributed by atoms with Gasteiger partial charge in [-0.1, -0.05) is 20.8 Å². The Morgan fingerprint density at radius 1 is 1.62 bits per heavy atom. The second-order valence-electron chi connectivity index (χ2n) is 3.40. The standard InChI is InChI=1S/C10H18N2O/c1-5-8(7(2)3)9-10(11-4)12-6-13-9/h7H,5-6H2,1-4H3,(H,11,12)/b9-8-. The van der Waals surface area contributed by atoms with E-state index in [1.54, 1.807) is 7.05 Å². The maximum atomic E-state index is 5.51. The van der Waals surface area contributed by atoms with Gasteiger partial charge in [0.05, 0.1) is 0 Å². The zero-order valence-electron chi connectivity index (χ0n) is 8.85. The van der Waals surface area contributed by atoms with Gasteiger partial charge < -0.3 is 10.1 Å². The molecule has 0 aromatic carbocycles. The zero-order chi connectivity index (χ0) is 9.84. The fourth-order valence-electron chi connectivity index (χ4n) is 1.58. The Balaban J connectivity index is 2.99. The Bertz CT molecular complexity index is 241. The summed E-state index contributed by atoms with van der Waals surface area (Å²) in [5.74, 6) is 2.38. The predicted octanol–water partition coefficient (Wildman–Crippen LogP) is 1.91. The van der Waals surface area contributed by atoms with E-state index in [9.17, 15) is 0 Å². The number of rotatable bonds is 2. The topological polar surface area (TPSA) is 33.6 Å². The molecule has 0 aromatic rings. The first kappa shape index (κ1) is 10.1. The minimum Gasteiger partial charge on any atom is -0.469 e. The highest BCUT2D eigenvalue weighted by Gasteiger charge is 2.20. The first-order chi connectivity index (χ1) is 6.20. The number of amidine groups is 1. The first-order valence-electron chi connectivity index (χ1n) is 4.77. The summed E-state index contributed by atoms with van der Waals surface area (Å²) in [6.07, 6.45) is 1.02. The molecule has 0 radical (unpaired) electrons. The third-order valence-corrected chi connectivity index (χ3v) is 2.26. The normalized spacial score (nSPS) is 23.3. The molecular formula is C10H18N2O. The largest absolute Gasteiger partial charge is 0.469 e. The Hall–Kier alpha value is -0.990. The van der Waals surface area contributed by atoms with Crippen LogP contribution in [0.25, 0.3) is 0 Å². The monoisotopic (exact) mass is 182 g/mol. The van der Waals surface area contributed by atoms with Gasteiger partial charge in [0.2, 0.25) is 0 Å². The number of aliphatic imine (C=N–C) groups is 1. The quantitative estimate of drug-likeness (QED) is 0.707. The fourth-order valence-corrected chi connectivity index (χ4v) is 1.58. The Kier molecular flexibility index (Phi) is 3.34. The average Bonchev–Trinajstić information content (AvgIpc) is 2.53. The van der Waals surface area contributed by atoms with Crippen LogP contribution < -0.4 is 5.32 Å². The molecule has 0 unspecified atom stereocenters. The summed E-state index contributed by atoms with van der Waals surface area (Å²) in [5.41, 5.74) is 1.34. The molecule has 1 saturated heterocycles. The third kappa shape index (κ3) is 2.02. The van der Waals surface area contributed by atoms with Gasteiger partial charge in [0.25, 0.3) is 0 Å². The second kappa shape index (κ2) is 4.30. The molecule has 1 N–H and O–H groups in total. The van der Waals surface area contributed by atoms with Crippen LogP contribution in [0.5, 0.6) is 0 Å². The van der Waals surface area contributed by atoms with Crippen LogP contribution in [0.15, 0.2) is 16.3 Å². The van der Waals surface area contributed by atoms with Crippen molar-refractivity contribution in [3.05, 3.63) is 11.3 Å². The van der Waals surface area contributed by atoms with Gasteiger partial charge in [-0.15, -0.1) is 0 Å². The van der Waals surface area contributed by atoms with E-state index >= 15 is 0 Å². The van der Waals surface area contributed by atoms with Crippen molar-refractivity contribution in [1.82, 2.24) is 5.32 Å². The highest BCUT2D eigenvalue weighted by molar-refractivity contribution is 5.98. The van der Waals surface area contributed by atoms with E-state index in [2.05, 4.69) is 31.1 Å². The molecule has 3 heteroatoms. The summed E-state index contributed by atoms with van der Waals surface area (Å²) < 4.78 is 5.51. The molecule has 3 nitrogen and oxygen atoms in total. The molecule has 0 spiro atoms. The van der Waals surface area contributed by atoms with E-state index < -0.39 is 0 Å². The van der Waals surface area contributed by atoms with Crippen molar-refractivity contribution in [1.29, 1.82) is 0 Å². The molecule has 1 aliphatic heterocycles. The van der Waals surface area contributed by atoms with Crippen molar-refractivity contribution in [2.75, 3.05) is 13.8 Å². The summed E-state index contributed by atoms with van der Waals surface area (Å²) in [6.45, 7) is 7.07. The van der Waals surface area contributed by atoms with E-state index in [4.69, 9.17) is 4.74 Å². The molecule has 1 rings (SSSR count). The summed E-state index contributed by atoms with van der Waals surface area (Å²) >= 11 is 0. The molecule has 0 amide bonds. The van der Waals surface area contributed by atoms with Crippen molar-refractivity contribution >= 4 is 5.84 Å². The van der Waals surface area contributed by atoms with E-state index in [0.29, 0.717) is 12.6 Å². The molecule has 0 bridgehead atoms. The van der Waals surface area contributed by atoms with Crippen LogP contribution in [0.1, 0.15) is 27.2 Å². The van der Waals surface area contributed by atoms with Gasteiger partial charge >= 0.3 is 0 Å². The van der Waals surface area contributed by atoms with Gasteiger partial charge in [-0.05, 0) is 17.9 Å². The van der Waals surface area contributed by atoms with E-state index in [-0.39, 0.29) is 0 Å². The van der Waals surface area contributed by atoms with Gasteiger partial charge in [-0.2, -0.15) is 0 Å². The minimum atomic E-state index is 0.525. The van der Waals surface area contributed by atoms with Crippen LogP contribution in [0, 0.1) is 5.92 Å². The van der Waals surface area contributed by atoms with Gasteiger partial charge in [0.15, 0.2) is 18.3 Å². The minimum absolute atomic E-state index is 0.525. The SMILES string of the molecule is CC/C(=C1/OCNC1=NC)C(C)C. The molecule has 0 aliphatic carbocycles. The number of ether oxygens (including phenoxy) is 1. The first-order valence-corrected chi connectivity index (χ1v) is 4.77. The third-order valence-electron chi connectivity index (χ3n) is 2.26. The Morgan fingerprint density at radius 2 is 2.31 bits per heavy atom. The van der Waals surface area contributed by atoms with Gasteiger partial charge in [0, 0.05) is 7.05 Å². The predicted molar refractivity (Wildman–Crippen MR) is 54.6 cm³/mol. The number of hydrogen-bond acceptors (Lipinski definition) is 2. The van der Waals surface area contributed by atoms with Crippen LogP contribution >= 0.6 is 0 Å². The molecule has 74 valence electrons. The summed E-state index contributed by atoms with van der Waals surface area (Å²) in [4.78, 5) is 4.14. The van der Waals surface area contributed by atoms with Crippen molar-refractivity contribution in [3.8, 4) is 0 Å². The van der Waals surface area contributed by atoms with Crippen LogP contribution in [0.2, 0.25) is 0 Å². The molecule has 13 heavy (non-hydrogen) atoms. The maximum Gasteiger partial charge on any atom is 0.166 e. The van der Waals surface area contributed by atoms with Gasteiger partial charge in [-0.3, -0.25) is 4.99 Å². The van der Waals surface area contributed by atoms with E-state index in [0.717, 1.165) is 18.0 Å². The van der Waals surface area contributed by atoms with Crippen molar-refractivity contribution in [2.24, 2.45) is 10.9 Å². The lowest BCUT2D eigenvalue weighted by molar-refractivity contribution is 0.248.